The first kappa shape index (κ1) is 21.3. The standard InChI is InChI=1S/C21H24Cl2N2O2/c1-4-24-21(27)15(3)25(13-16-7-5-14(2)6-8-16)20(26)11-17-9-10-18(22)12-19(17)23/h5-10,12,15H,4,11,13H2,1-3H3,(H,24,27). The number of likely N-dealkylation sites (N-methyl/N-ethyl adjacent to an activating group) is 1. The third-order valence-electron chi connectivity index (χ3n) is 4.35. The molecule has 0 bridgehead atoms. The van der Waals surface area contributed by atoms with Gasteiger partial charge in [0, 0.05) is 23.1 Å². The molecule has 0 spiro atoms. The van der Waals surface area contributed by atoms with Crippen LogP contribution >= 0.6 is 23.2 Å². The Morgan fingerprint density at radius 1 is 1.11 bits per heavy atom. The van der Waals surface area contributed by atoms with Crippen LogP contribution < -0.4 is 5.32 Å². The van der Waals surface area contributed by atoms with E-state index in [0.29, 0.717) is 28.7 Å². The van der Waals surface area contributed by atoms with Crippen LogP contribution in [-0.4, -0.2) is 29.3 Å². The zero-order valence-electron chi connectivity index (χ0n) is 15.8. The van der Waals surface area contributed by atoms with Crippen molar-refractivity contribution < 1.29 is 9.59 Å². The number of nitrogens with one attached hydrogen (secondary N) is 1. The van der Waals surface area contributed by atoms with Gasteiger partial charge in [0.05, 0.1) is 6.42 Å². The number of hydrogen-bond acceptors (Lipinski definition) is 2. The molecule has 27 heavy (non-hydrogen) atoms. The van der Waals surface area contributed by atoms with Gasteiger partial charge in [0.1, 0.15) is 6.04 Å². The first-order valence-corrected chi connectivity index (χ1v) is 9.64. The third-order valence-corrected chi connectivity index (χ3v) is 4.94. The predicted octanol–water partition coefficient (Wildman–Crippen LogP) is 4.40. The lowest BCUT2D eigenvalue weighted by atomic mass is 10.1. The topological polar surface area (TPSA) is 49.4 Å². The van der Waals surface area contributed by atoms with Crippen molar-refractivity contribution in [3.8, 4) is 0 Å². The largest absolute Gasteiger partial charge is 0.355 e. The molecule has 0 fully saturated rings. The maximum Gasteiger partial charge on any atom is 0.242 e. The third kappa shape index (κ3) is 5.98. The van der Waals surface area contributed by atoms with Crippen molar-refractivity contribution in [2.24, 2.45) is 0 Å². The van der Waals surface area contributed by atoms with E-state index in [9.17, 15) is 9.59 Å². The summed E-state index contributed by atoms with van der Waals surface area (Å²) in [7, 11) is 0. The number of rotatable bonds is 7. The highest BCUT2D eigenvalue weighted by Gasteiger charge is 2.26. The van der Waals surface area contributed by atoms with E-state index < -0.39 is 6.04 Å². The SMILES string of the molecule is CCNC(=O)C(C)N(Cc1ccc(C)cc1)C(=O)Cc1ccc(Cl)cc1Cl. The molecule has 4 nitrogen and oxygen atoms in total. The van der Waals surface area contributed by atoms with Crippen molar-refractivity contribution in [2.75, 3.05) is 6.54 Å². The minimum Gasteiger partial charge on any atom is -0.355 e. The predicted molar refractivity (Wildman–Crippen MR) is 110 cm³/mol. The Kier molecular flexibility index (Phi) is 7.69. The molecule has 144 valence electrons. The maximum absolute atomic E-state index is 13.0. The second kappa shape index (κ2) is 9.77. The van der Waals surface area contributed by atoms with E-state index in [1.54, 1.807) is 30.0 Å². The number of carbonyl (C=O) groups is 2. The van der Waals surface area contributed by atoms with Crippen molar-refractivity contribution >= 4 is 35.0 Å². The Hall–Kier alpha value is -2.04. The zero-order valence-corrected chi connectivity index (χ0v) is 17.3. The fraction of sp³-hybridized carbons (Fsp3) is 0.333. The van der Waals surface area contributed by atoms with Gasteiger partial charge in [0.2, 0.25) is 11.8 Å². The number of halogens is 2. The smallest absolute Gasteiger partial charge is 0.242 e. The summed E-state index contributed by atoms with van der Waals surface area (Å²) in [5.74, 6) is -0.348. The molecule has 2 rings (SSSR count). The van der Waals surface area contributed by atoms with Crippen LogP contribution in [-0.2, 0) is 22.6 Å². The van der Waals surface area contributed by atoms with Crippen molar-refractivity contribution in [3.05, 3.63) is 69.2 Å². The molecular weight excluding hydrogens is 383 g/mol. The van der Waals surface area contributed by atoms with Crippen LogP contribution in [0, 0.1) is 6.92 Å². The van der Waals surface area contributed by atoms with Gasteiger partial charge < -0.3 is 10.2 Å². The summed E-state index contributed by atoms with van der Waals surface area (Å²) in [5.41, 5.74) is 2.79. The molecular formula is C21H24Cl2N2O2. The van der Waals surface area contributed by atoms with Crippen molar-refractivity contribution in [3.63, 3.8) is 0 Å². The van der Waals surface area contributed by atoms with Crippen LogP contribution in [0.2, 0.25) is 10.0 Å². The van der Waals surface area contributed by atoms with Gasteiger partial charge >= 0.3 is 0 Å². The minimum absolute atomic E-state index is 0.103. The highest BCUT2D eigenvalue weighted by atomic mass is 35.5. The molecule has 1 atom stereocenters. The summed E-state index contributed by atoms with van der Waals surface area (Å²) in [5, 5.41) is 3.74. The van der Waals surface area contributed by atoms with Crippen molar-refractivity contribution in [2.45, 2.75) is 39.8 Å². The van der Waals surface area contributed by atoms with Crippen LogP contribution in [0.1, 0.15) is 30.5 Å². The number of nitrogens with zero attached hydrogens (tertiary/aromatic N) is 1. The molecule has 0 saturated carbocycles. The normalized spacial score (nSPS) is 11.7. The highest BCUT2D eigenvalue weighted by molar-refractivity contribution is 6.35. The quantitative estimate of drug-likeness (QED) is 0.740. The second-order valence-corrected chi connectivity index (χ2v) is 7.33. The molecule has 0 heterocycles. The van der Waals surface area contributed by atoms with Gasteiger partial charge in [-0.1, -0.05) is 59.1 Å². The van der Waals surface area contributed by atoms with Crippen LogP contribution in [0.25, 0.3) is 0 Å². The van der Waals surface area contributed by atoms with Gasteiger partial charge in [-0.15, -0.1) is 0 Å². The summed E-state index contributed by atoms with van der Waals surface area (Å²) >= 11 is 12.1. The van der Waals surface area contributed by atoms with Crippen molar-refractivity contribution in [1.82, 2.24) is 10.2 Å². The second-order valence-electron chi connectivity index (χ2n) is 6.49. The van der Waals surface area contributed by atoms with Gasteiger partial charge in [0.15, 0.2) is 0 Å². The Morgan fingerprint density at radius 2 is 1.78 bits per heavy atom. The molecule has 0 aliphatic rings. The first-order valence-electron chi connectivity index (χ1n) is 8.88. The van der Waals surface area contributed by atoms with E-state index >= 15 is 0 Å². The molecule has 2 aromatic rings. The molecule has 1 unspecified atom stereocenters. The molecule has 2 aromatic carbocycles. The molecule has 0 aliphatic carbocycles. The van der Waals surface area contributed by atoms with E-state index in [-0.39, 0.29) is 18.2 Å². The number of hydrogen-bond donors (Lipinski definition) is 1. The molecule has 1 N–H and O–H groups in total. The van der Waals surface area contributed by atoms with Gasteiger partial charge in [0.25, 0.3) is 0 Å². The van der Waals surface area contributed by atoms with E-state index in [0.717, 1.165) is 11.1 Å². The molecule has 0 aromatic heterocycles. The van der Waals surface area contributed by atoms with Crippen LogP contribution in [0.3, 0.4) is 0 Å². The average molecular weight is 407 g/mol. The Bertz CT molecular complexity index is 806. The minimum atomic E-state index is -0.593. The Labute approximate surface area is 170 Å². The van der Waals surface area contributed by atoms with Crippen molar-refractivity contribution in [1.29, 1.82) is 0 Å². The van der Waals surface area contributed by atoms with E-state index in [4.69, 9.17) is 23.2 Å². The van der Waals surface area contributed by atoms with E-state index in [1.807, 2.05) is 38.1 Å². The maximum atomic E-state index is 13.0. The lowest BCUT2D eigenvalue weighted by Crippen LogP contribution is -2.48. The molecule has 0 aliphatic heterocycles. The number of amides is 2. The lowest BCUT2D eigenvalue weighted by Gasteiger charge is -2.29. The van der Waals surface area contributed by atoms with Gasteiger partial charge in [-0.2, -0.15) is 0 Å². The molecule has 0 saturated heterocycles. The summed E-state index contributed by atoms with van der Waals surface area (Å²) < 4.78 is 0. The van der Waals surface area contributed by atoms with Crippen LogP contribution in [0.15, 0.2) is 42.5 Å². The summed E-state index contributed by atoms with van der Waals surface area (Å²) in [4.78, 5) is 27.0. The summed E-state index contributed by atoms with van der Waals surface area (Å²) in [6.45, 7) is 6.46. The van der Waals surface area contributed by atoms with E-state index in [1.165, 1.54) is 0 Å². The van der Waals surface area contributed by atoms with E-state index in [2.05, 4.69) is 5.32 Å². The Morgan fingerprint density at radius 3 is 2.37 bits per heavy atom. The fourth-order valence-corrected chi connectivity index (χ4v) is 3.20. The molecule has 6 heteroatoms. The first-order chi connectivity index (χ1) is 12.8. The molecule has 0 radical (unpaired) electrons. The average Bonchev–Trinajstić information content (AvgIpc) is 2.63. The van der Waals surface area contributed by atoms with Gasteiger partial charge in [-0.25, -0.2) is 0 Å². The summed E-state index contributed by atoms with van der Waals surface area (Å²) in [6, 6.07) is 12.4. The lowest BCUT2D eigenvalue weighted by molar-refractivity contribution is -0.140. The molecule has 2 amide bonds. The number of aryl methyl sites for hydroxylation is 1. The zero-order chi connectivity index (χ0) is 20.0. The number of carbonyl (C=O) groups excluding carboxylic acids is 2. The van der Waals surface area contributed by atoms with Crippen LogP contribution in [0.4, 0.5) is 0 Å². The van der Waals surface area contributed by atoms with Crippen LogP contribution in [0.5, 0.6) is 0 Å². The van der Waals surface area contributed by atoms with Gasteiger partial charge in [-0.3, -0.25) is 9.59 Å². The van der Waals surface area contributed by atoms with Gasteiger partial charge in [-0.05, 0) is 44.0 Å². The number of benzene rings is 2. The fourth-order valence-electron chi connectivity index (χ4n) is 2.72. The summed E-state index contributed by atoms with van der Waals surface area (Å²) in [6.07, 6.45) is 0.103. The highest BCUT2D eigenvalue weighted by Crippen LogP contribution is 2.22. The Balaban J connectivity index is 2.25. The monoisotopic (exact) mass is 406 g/mol.